The number of methoxy groups -OCH3 is 1. The van der Waals surface area contributed by atoms with Gasteiger partial charge in [-0.15, -0.1) is 0 Å². The van der Waals surface area contributed by atoms with Crippen LogP contribution in [0.25, 0.3) is 0 Å². The highest BCUT2D eigenvalue weighted by Gasteiger charge is 2.45. The smallest absolute Gasteiger partial charge is 0.224 e. The molecule has 2 aliphatic rings. The number of hydrogen-bond acceptors (Lipinski definition) is 7. The van der Waals surface area contributed by atoms with Crippen molar-refractivity contribution >= 4 is 17.5 Å². The highest BCUT2D eigenvalue weighted by Crippen LogP contribution is 2.31. The van der Waals surface area contributed by atoms with E-state index in [1.165, 1.54) is 16.7 Å². The minimum atomic E-state index is 0.0246. The second kappa shape index (κ2) is 12.3. The van der Waals surface area contributed by atoms with Crippen molar-refractivity contribution in [3.8, 4) is 5.75 Å². The summed E-state index contributed by atoms with van der Waals surface area (Å²) in [6.45, 7) is 20.6. The zero-order valence-electron chi connectivity index (χ0n) is 26.3. The second-order valence-corrected chi connectivity index (χ2v) is 12.7. The van der Waals surface area contributed by atoms with Crippen molar-refractivity contribution in [1.82, 2.24) is 14.7 Å². The van der Waals surface area contributed by atoms with Gasteiger partial charge in [0.1, 0.15) is 23.8 Å². The van der Waals surface area contributed by atoms with Crippen LogP contribution in [0.1, 0.15) is 77.5 Å². The molecule has 218 valence electrons. The van der Waals surface area contributed by atoms with Gasteiger partial charge in [0.2, 0.25) is 5.96 Å². The minimum absolute atomic E-state index is 0.0246. The quantitative estimate of drug-likeness (QED) is 0.421. The van der Waals surface area contributed by atoms with Crippen molar-refractivity contribution in [3.63, 3.8) is 0 Å². The molecule has 4 rings (SSSR count). The third-order valence-electron chi connectivity index (χ3n) is 8.44. The number of rotatable bonds is 8. The van der Waals surface area contributed by atoms with Crippen molar-refractivity contribution < 1.29 is 4.74 Å². The summed E-state index contributed by atoms with van der Waals surface area (Å²) in [7, 11) is 3.89. The lowest BCUT2D eigenvalue weighted by atomic mass is 9.86. The third kappa shape index (κ3) is 6.52. The van der Waals surface area contributed by atoms with Crippen molar-refractivity contribution in [2.24, 2.45) is 9.98 Å². The van der Waals surface area contributed by atoms with Crippen LogP contribution in [0.5, 0.6) is 5.75 Å². The average Bonchev–Trinajstić information content (AvgIpc) is 3.26. The molecule has 7 heteroatoms. The first kappa shape index (κ1) is 30.1. The maximum atomic E-state index is 5.34. The fraction of sp³-hybridized carbons (Fsp3) is 0.576. The van der Waals surface area contributed by atoms with E-state index in [0.717, 1.165) is 49.4 Å². The third-order valence-corrected chi connectivity index (χ3v) is 8.44. The van der Waals surface area contributed by atoms with Crippen LogP contribution in [-0.2, 0) is 5.41 Å². The summed E-state index contributed by atoms with van der Waals surface area (Å²) in [5.41, 5.74) is 5.06. The van der Waals surface area contributed by atoms with E-state index in [9.17, 15) is 0 Å². The number of nitrogens with zero attached hydrogens (tertiary/aromatic N) is 5. The Hall–Kier alpha value is -2.90. The first-order valence-corrected chi connectivity index (χ1v) is 14.8. The lowest BCUT2D eigenvalue weighted by Gasteiger charge is -2.35. The van der Waals surface area contributed by atoms with E-state index >= 15 is 0 Å². The Kier molecular flexibility index (Phi) is 9.26. The SMILES string of the molecule is CCN(CCC(C)c1ccc(OC)cc1)C1=NC2C(C(Nc3cc(C(C)(C)C)ccc3C)=N1)N(C(C)C)CN2C. The molecule has 3 unspecified atom stereocenters. The Labute approximate surface area is 242 Å². The summed E-state index contributed by atoms with van der Waals surface area (Å²) in [5, 5.41) is 3.81. The van der Waals surface area contributed by atoms with Crippen LogP contribution in [0.2, 0.25) is 0 Å². The molecule has 7 nitrogen and oxygen atoms in total. The largest absolute Gasteiger partial charge is 0.497 e. The van der Waals surface area contributed by atoms with E-state index in [1.807, 2.05) is 12.1 Å². The molecule has 1 fully saturated rings. The molecule has 1 N–H and O–H groups in total. The zero-order valence-corrected chi connectivity index (χ0v) is 26.3. The molecule has 0 aromatic heterocycles. The van der Waals surface area contributed by atoms with Crippen molar-refractivity contribution in [3.05, 3.63) is 59.2 Å². The number of anilines is 1. The molecular formula is C33H50N6O. The molecule has 0 spiro atoms. The van der Waals surface area contributed by atoms with E-state index in [2.05, 4.69) is 113 Å². The van der Waals surface area contributed by atoms with E-state index in [-0.39, 0.29) is 17.6 Å². The Morgan fingerprint density at radius 1 is 1.10 bits per heavy atom. The number of aliphatic imine (C=N–C) groups is 2. The number of benzene rings is 2. The molecular weight excluding hydrogens is 496 g/mol. The number of hydrogen-bond donors (Lipinski definition) is 1. The highest BCUT2D eigenvalue weighted by atomic mass is 16.5. The van der Waals surface area contributed by atoms with Gasteiger partial charge in [-0.25, -0.2) is 4.99 Å². The van der Waals surface area contributed by atoms with Crippen molar-refractivity contribution in [1.29, 1.82) is 0 Å². The second-order valence-electron chi connectivity index (χ2n) is 12.7. The van der Waals surface area contributed by atoms with Crippen LogP contribution in [0.4, 0.5) is 5.69 Å². The summed E-state index contributed by atoms with van der Waals surface area (Å²) in [6, 6.07) is 15.7. The van der Waals surface area contributed by atoms with E-state index in [4.69, 9.17) is 14.7 Å². The molecule has 3 atom stereocenters. The Morgan fingerprint density at radius 2 is 1.80 bits per heavy atom. The average molecular weight is 547 g/mol. The Bertz CT molecular complexity index is 1210. The maximum Gasteiger partial charge on any atom is 0.224 e. The number of guanidine groups is 1. The number of nitrogens with one attached hydrogen (secondary N) is 1. The molecule has 0 aliphatic carbocycles. The van der Waals surface area contributed by atoms with Gasteiger partial charge in [0.25, 0.3) is 0 Å². The molecule has 40 heavy (non-hydrogen) atoms. The summed E-state index contributed by atoms with van der Waals surface area (Å²) in [5.74, 6) is 3.14. The van der Waals surface area contributed by atoms with Gasteiger partial charge < -0.3 is 15.0 Å². The molecule has 2 aliphatic heterocycles. The zero-order chi connectivity index (χ0) is 29.2. The standard InChI is InChI=1S/C33H50N6O/c1-11-38(19-18-23(4)25-13-16-27(40-10)17-14-25)32-35-30(29-31(36-32)37(9)21-39(29)22(2)3)34-28-20-26(33(6,7)8)15-12-24(28)5/h12-17,20,22-23,29,31H,11,18-19,21H2,1-10H3,(H,34,35,36). The molecule has 0 amide bonds. The van der Waals surface area contributed by atoms with Gasteiger partial charge in [0.05, 0.1) is 13.8 Å². The van der Waals surface area contributed by atoms with Crippen LogP contribution >= 0.6 is 0 Å². The molecule has 0 radical (unpaired) electrons. The van der Waals surface area contributed by atoms with Crippen molar-refractivity contribution in [2.45, 2.75) is 91.4 Å². The molecule has 2 heterocycles. The molecule has 2 aromatic carbocycles. The van der Waals surface area contributed by atoms with E-state index in [0.29, 0.717) is 12.0 Å². The molecule has 0 saturated carbocycles. The highest BCUT2D eigenvalue weighted by molar-refractivity contribution is 6.08. The first-order chi connectivity index (χ1) is 18.9. The Balaban J connectivity index is 1.62. The maximum absolute atomic E-state index is 5.34. The van der Waals surface area contributed by atoms with Gasteiger partial charge in [0.15, 0.2) is 0 Å². The van der Waals surface area contributed by atoms with Gasteiger partial charge in [0, 0.05) is 24.8 Å². The number of aryl methyl sites for hydroxylation is 1. The number of amidine groups is 1. The summed E-state index contributed by atoms with van der Waals surface area (Å²) >= 11 is 0. The fourth-order valence-electron chi connectivity index (χ4n) is 5.58. The molecule has 1 saturated heterocycles. The predicted octanol–water partition coefficient (Wildman–Crippen LogP) is 6.30. The van der Waals surface area contributed by atoms with E-state index in [1.54, 1.807) is 7.11 Å². The van der Waals surface area contributed by atoms with E-state index < -0.39 is 0 Å². The normalized spacial score (nSPS) is 20.7. The van der Waals surface area contributed by atoms with Gasteiger partial charge in [-0.05, 0) is 87.4 Å². The number of ether oxygens (including phenoxy) is 1. The van der Waals surface area contributed by atoms with Crippen LogP contribution in [-0.4, -0.2) is 78.7 Å². The van der Waals surface area contributed by atoms with Gasteiger partial charge in [-0.1, -0.05) is 52.0 Å². The lowest BCUT2D eigenvalue weighted by Crippen LogP contribution is -2.52. The van der Waals surface area contributed by atoms with Crippen LogP contribution in [0.3, 0.4) is 0 Å². The van der Waals surface area contributed by atoms with Crippen LogP contribution in [0, 0.1) is 6.92 Å². The minimum Gasteiger partial charge on any atom is -0.497 e. The number of likely N-dealkylation sites (N-methyl/N-ethyl adjacent to an activating group) is 1. The summed E-state index contributed by atoms with van der Waals surface area (Å²) < 4.78 is 5.34. The lowest BCUT2D eigenvalue weighted by molar-refractivity contribution is 0.213. The van der Waals surface area contributed by atoms with Gasteiger partial charge in [-0.2, -0.15) is 4.99 Å². The topological polar surface area (TPSA) is 55.7 Å². The van der Waals surface area contributed by atoms with Crippen LogP contribution < -0.4 is 10.1 Å². The number of fused-ring (bicyclic) bond motifs is 1. The van der Waals surface area contributed by atoms with Crippen molar-refractivity contribution in [2.75, 3.05) is 39.2 Å². The van der Waals surface area contributed by atoms with Gasteiger partial charge in [-0.3, -0.25) is 9.80 Å². The van der Waals surface area contributed by atoms with Gasteiger partial charge >= 0.3 is 0 Å². The molecule has 0 bridgehead atoms. The summed E-state index contributed by atoms with van der Waals surface area (Å²) in [4.78, 5) is 17.7. The first-order valence-electron chi connectivity index (χ1n) is 14.8. The monoisotopic (exact) mass is 546 g/mol. The Morgan fingerprint density at radius 3 is 2.40 bits per heavy atom. The summed E-state index contributed by atoms with van der Waals surface area (Å²) in [6.07, 6.45) is 1.04. The fourth-order valence-corrected chi connectivity index (χ4v) is 5.58. The predicted molar refractivity (Wildman–Crippen MR) is 169 cm³/mol. The van der Waals surface area contributed by atoms with Crippen LogP contribution in [0.15, 0.2) is 52.4 Å². The molecule has 2 aromatic rings.